The van der Waals surface area contributed by atoms with Gasteiger partial charge in [-0.1, -0.05) is 29.8 Å². The second kappa shape index (κ2) is 5.82. The molecule has 0 saturated heterocycles. The molecule has 1 aromatic heterocycles. The SMILES string of the molecule is CCCn1nncc1NCc1ccc(F)c(Cl)c1. The van der Waals surface area contributed by atoms with Gasteiger partial charge in [-0.25, -0.2) is 9.07 Å². The largest absolute Gasteiger partial charge is 0.365 e. The van der Waals surface area contributed by atoms with Gasteiger partial charge in [0.1, 0.15) is 11.6 Å². The van der Waals surface area contributed by atoms with Gasteiger partial charge in [0.2, 0.25) is 0 Å². The molecule has 1 N–H and O–H groups in total. The summed E-state index contributed by atoms with van der Waals surface area (Å²) in [5.41, 5.74) is 0.908. The zero-order chi connectivity index (χ0) is 13.0. The number of rotatable bonds is 5. The van der Waals surface area contributed by atoms with Crippen LogP contribution in [0.1, 0.15) is 18.9 Å². The second-order valence-electron chi connectivity index (χ2n) is 3.94. The summed E-state index contributed by atoms with van der Waals surface area (Å²) >= 11 is 5.72. The Morgan fingerprint density at radius 2 is 2.28 bits per heavy atom. The van der Waals surface area contributed by atoms with Crippen LogP contribution in [0.25, 0.3) is 0 Å². The molecule has 96 valence electrons. The molecule has 0 amide bonds. The first-order valence-corrected chi connectivity index (χ1v) is 6.14. The molecule has 2 rings (SSSR count). The number of hydrogen-bond acceptors (Lipinski definition) is 3. The summed E-state index contributed by atoms with van der Waals surface area (Å²) in [4.78, 5) is 0. The highest BCUT2D eigenvalue weighted by Crippen LogP contribution is 2.17. The van der Waals surface area contributed by atoms with Gasteiger partial charge >= 0.3 is 0 Å². The van der Waals surface area contributed by atoms with E-state index in [9.17, 15) is 4.39 Å². The first-order valence-electron chi connectivity index (χ1n) is 5.77. The van der Waals surface area contributed by atoms with E-state index in [0.29, 0.717) is 6.54 Å². The molecule has 0 spiro atoms. The summed E-state index contributed by atoms with van der Waals surface area (Å²) in [6.45, 7) is 3.44. The molecule has 6 heteroatoms. The van der Waals surface area contributed by atoms with E-state index in [2.05, 4.69) is 22.6 Å². The van der Waals surface area contributed by atoms with Crippen molar-refractivity contribution in [3.8, 4) is 0 Å². The summed E-state index contributed by atoms with van der Waals surface area (Å²) in [6, 6.07) is 4.67. The van der Waals surface area contributed by atoms with Crippen LogP contribution in [0.3, 0.4) is 0 Å². The highest BCUT2D eigenvalue weighted by molar-refractivity contribution is 6.30. The quantitative estimate of drug-likeness (QED) is 0.906. The zero-order valence-corrected chi connectivity index (χ0v) is 10.8. The third-order valence-electron chi connectivity index (χ3n) is 2.51. The average Bonchev–Trinajstić information content (AvgIpc) is 2.79. The lowest BCUT2D eigenvalue weighted by Crippen LogP contribution is -2.08. The Bertz CT molecular complexity index is 527. The van der Waals surface area contributed by atoms with E-state index < -0.39 is 5.82 Å². The van der Waals surface area contributed by atoms with E-state index in [1.54, 1.807) is 23.0 Å². The lowest BCUT2D eigenvalue weighted by Gasteiger charge is -2.08. The number of anilines is 1. The number of halogens is 2. The van der Waals surface area contributed by atoms with Crippen molar-refractivity contribution in [3.63, 3.8) is 0 Å². The van der Waals surface area contributed by atoms with Crippen molar-refractivity contribution in [1.29, 1.82) is 0 Å². The average molecular weight is 269 g/mol. The van der Waals surface area contributed by atoms with Crippen molar-refractivity contribution in [2.24, 2.45) is 0 Å². The van der Waals surface area contributed by atoms with Crippen LogP contribution >= 0.6 is 11.6 Å². The minimum Gasteiger partial charge on any atom is -0.365 e. The van der Waals surface area contributed by atoms with Crippen LogP contribution in [0, 0.1) is 5.82 Å². The fourth-order valence-electron chi connectivity index (χ4n) is 1.61. The van der Waals surface area contributed by atoms with Gasteiger partial charge in [-0.05, 0) is 24.1 Å². The number of hydrogen-bond donors (Lipinski definition) is 1. The summed E-state index contributed by atoms with van der Waals surface area (Å²) in [5.74, 6) is 0.440. The van der Waals surface area contributed by atoms with Crippen LogP contribution in [0.15, 0.2) is 24.4 Å². The smallest absolute Gasteiger partial charge is 0.145 e. The molecule has 18 heavy (non-hydrogen) atoms. The van der Waals surface area contributed by atoms with Crippen LogP contribution in [0.2, 0.25) is 5.02 Å². The summed E-state index contributed by atoms with van der Waals surface area (Å²) in [6.07, 6.45) is 2.65. The first-order chi connectivity index (χ1) is 8.70. The van der Waals surface area contributed by atoms with Gasteiger partial charge in [0.15, 0.2) is 0 Å². The third kappa shape index (κ3) is 2.98. The van der Waals surface area contributed by atoms with Crippen LogP contribution in [0.4, 0.5) is 10.2 Å². The van der Waals surface area contributed by atoms with Crippen molar-refractivity contribution in [2.45, 2.75) is 26.4 Å². The van der Waals surface area contributed by atoms with Crippen molar-refractivity contribution in [3.05, 3.63) is 40.8 Å². The van der Waals surface area contributed by atoms with Crippen LogP contribution in [-0.2, 0) is 13.1 Å². The van der Waals surface area contributed by atoms with E-state index in [4.69, 9.17) is 11.6 Å². The Hall–Kier alpha value is -1.62. The Labute approximate surface area is 110 Å². The third-order valence-corrected chi connectivity index (χ3v) is 2.80. The standard InChI is InChI=1S/C12H14ClFN4/c1-2-5-18-12(8-16-17-18)15-7-9-3-4-11(14)10(13)6-9/h3-4,6,8,15H,2,5,7H2,1H3. The highest BCUT2D eigenvalue weighted by Gasteiger charge is 2.04. The highest BCUT2D eigenvalue weighted by atomic mass is 35.5. The number of benzene rings is 1. The van der Waals surface area contributed by atoms with Crippen molar-refractivity contribution in [2.75, 3.05) is 5.32 Å². The molecular formula is C12H14ClFN4. The molecule has 0 aliphatic heterocycles. The molecule has 2 aromatic rings. The van der Waals surface area contributed by atoms with Gasteiger partial charge in [-0.15, -0.1) is 5.10 Å². The fraction of sp³-hybridized carbons (Fsp3) is 0.333. The fourth-order valence-corrected chi connectivity index (χ4v) is 1.82. The molecule has 0 fully saturated rings. The van der Waals surface area contributed by atoms with Gasteiger partial charge in [0.25, 0.3) is 0 Å². The molecule has 0 aliphatic rings. The lowest BCUT2D eigenvalue weighted by molar-refractivity contribution is 0.583. The second-order valence-corrected chi connectivity index (χ2v) is 4.35. The number of nitrogens with zero attached hydrogens (tertiary/aromatic N) is 3. The lowest BCUT2D eigenvalue weighted by atomic mass is 10.2. The maximum Gasteiger partial charge on any atom is 0.145 e. The number of aryl methyl sites for hydroxylation is 1. The predicted molar refractivity (Wildman–Crippen MR) is 69.0 cm³/mol. The van der Waals surface area contributed by atoms with E-state index in [-0.39, 0.29) is 5.02 Å². The number of aromatic nitrogens is 3. The van der Waals surface area contributed by atoms with Crippen molar-refractivity contribution < 1.29 is 4.39 Å². The number of nitrogens with one attached hydrogen (secondary N) is 1. The Kier molecular flexibility index (Phi) is 4.15. The minimum absolute atomic E-state index is 0.134. The van der Waals surface area contributed by atoms with Crippen LogP contribution in [-0.4, -0.2) is 15.0 Å². The monoisotopic (exact) mass is 268 g/mol. The maximum atomic E-state index is 13.0. The van der Waals surface area contributed by atoms with E-state index in [1.165, 1.54) is 6.07 Å². The van der Waals surface area contributed by atoms with Gasteiger partial charge in [0, 0.05) is 13.1 Å². The predicted octanol–water partition coefficient (Wildman–Crippen LogP) is 3.09. The van der Waals surface area contributed by atoms with Gasteiger partial charge < -0.3 is 5.32 Å². The molecule has 0 saturated carbocycles. The summed E-state index contributed by atoms with van der Waals surface area (Å²) < 4.78 is 14.8. The molecule has 4 nitrogen and oxygen atoms in total. The van der Waals surface area contributed by atoms with Crippen molar-refractivity contribution in [1.82, 2.24) is 15.0 Å². The van der Waals surface area contributed by atoms with Crippen LogP contribution in [0.5, 0.6) is 0 Å². The maximum absolute atomic E-state index is 13.0. The summed E-state index contributed by atoms with van der Waals surface area (Å²) in [7, 11) is 0. The summed E-state index contributed by atoms with van der Waals surface area (Å²) in [5, 5.41) is 11.1. The normalized spacial score (nSPS) is 10.6. The zero-order valence-electron chi connectivity index (χ0n) is 10.0. The topological polar surface area (TPSA) is 42.7 Å². The van der Waals surface area contributed by atoms with Gasteiger partial charge in [0.05, 0.1) is 11.2 Å². The molecule has 1 heterocycles. The van der Waals surface area contributed by atoms with Gasteiger partial charge in [-0.3, -0.25) is 0 Å². The van der Waals surface area contributed by atoms with Crippen LogP contribution < -0.4 is 5.32 Å². The molecule has 0 atom stereocenters. The van der Waals surface area contributed by atoms with Gasteiger partial charge in [-0.2, -0.15) is 0 Å². The van der Waals surface area contributed by atoms with E-state index in [0.717, 1.165) is 24.3 Å². The molecule has 0 aliphatic carbocycles. The molecule has 0 bridgehead atoms. The van der Waals surface area contributed by atoms with E-state index in [1.807, 2.05) is 0 Å². The Morgan fingerprint density at radius 1 is 1.44 bits per heavy atom. The molecule has 1 aromatic carbocycles. The first kappa shape index (κ1) is 12.8. The van der Waals surface area contributed by atoms with E-state index >= 15 is 0 Å². The Balaban J connectivity index is 2.02. The van der Waals surface area contributed by atoms with Crippen molar-refractivity contribution >= 4 is 17.4 Å². The molecular weight excluding hydrogens is 255 g/mol. The molecule has 0 unspecified atom stereocenters. The molecule has 0 radical (unpaired) electrons. The minimum atomic E-state index is -0.405. The Morgan fingerprint density at radius 3 is 3.00 bits per heavy atom.